The number of amidine groups is 1. The van der Waals surface area contributed by atoms with Crippen molar-refractivity contribution in [1.82, 2.24) is 4.90 Å². The zero-order valence-corrected chi connectivity index (χ0v) is 18.5. The summed E-state index contributed by atoms with van der Waals surface area (Å²) in [5, 5.41) is 1.54. The van der Waals surface area contributed by atoms with E-state index in [1.165, 1.54) is 11.8 Å². The van der Waals surface area contributed by atoms with E-state index >= 15 is 0 Å². The third-order valence-electron chi connectivity index (χ3n) is 4.98. The first-order valence-corrected chi connectivity index (χ1v) is 11.3. The van der Waals surface area contributed by atoms with Crippen molar-refractivity contribution < 1.29 is 9.53 Å². The molecule has 30 heavy (non-hydrogen) atoms. The zero-order chi connectivity index (χ0) is 20.9. The van der Waals surface area contributed by atoms with Gasteiger partial charge in [0, 0.05) is 36.9 Å². The molecule has 2 heterocycles. The number of hydrogen-bond acceptors (Lipinski definition) is 5. The molecule has 0 saturated carbocycles. The minimum Gasteiger partial charge on any atom is -0.494 e. The quantitative estimate of drug-likeness (QED) is 0.616. The molecular weight excluding hydrogens is 418 g/mol. The molecule has 2 aliphatic heterocycles. The van der Waals surface area contributed by atoms with Gasteiger partial charge in [-0.2, -0.15) is 4.99 Å². The number of hydrogen-bond donors (Lipinski definition) is 0. The molecule has 156 valence electrons. The molecular formula is C23H24ClN3O2S. The van der Waals surface area contributed by atoms with Gasteiger partial charge in [0.25, 0.3) is 5.91 Å². The molecule has 0 atom stereocenters. The summed E-state index contributed by atoms with van der Waals surface area (Å²) in [6.07, 6.45) is 2.87. The lowest BCUT2D eigenvalue weighted by Crippen LogP contribution is -2.47. The van der Waals surface area contributed by atoms with E-state index in [0.717, 1.165) is 59.8 Å². The van der Waals surface area contributed by atoms with Gasteiger partial charge in [-0.15, -0.1) is 0 Å². The second-order valence-electron chi connectivity index (χ2n) is 7.18. The van der Waals surface area contributed by atoms with Crippen molar-refractivity contribution in [2.45, 2.75) is 13.3 Å². The summed E-state index contributed by atoms with van der Waals surface area (Å²) < 4.78 is 5.61. The predicted molar refractivity (Wildman–Crippen MR) is 125 cm³/mol. The molecule has 0 aliphatic carbocycles. The van der Waals surface area contributed by atoms with Crippen LogP contribution < -0.4 is 9.64 Å². The first-order chi connectivity index (χ1) is 14.6. The van der Waals surface area contributed by atoms with Gasteiger partial charge in [-0.25, -0.2) is 0 Å². The van der Waals surface area contributed by atoms with E-state index in [9.17, 15) is 4.79 Å². The van der Waals surface area contributed by atoms with Crippen LogP contribution >= 0.6 is 23.4 Å². The van der Waals surface area contributed by atoms with Crippen LogP contribution in [0.3, 0.4) is 0 Å². The standard InChI is InChI=1S/C23H24ClN3O2S/c1-2-14-29-20-8-6-17(7-9-20)15-21-22(28)25-23(30-21)27-12-10-26(11-13-27)19-5-3-4-18(24)16-19/h3-9,15-16H,2,10-14H2,1H3/b21-15+. The van der Waals surface area contributed by atoms with Crippen LogP contribution in [0.5, 0.6) is 5.75 Å². The highest BCUT2D eigenvalue weighted by molar-refractivity contribution is 8.18. The summed E-state index contributed by atoms with van der Waals surface area (Å²) in [5.41, 5.74) is 2.10. The lowest BCUT2D eigenvalue weighted by atomic mass is 10.2. The summed E-state index contributed by atoms with van der Waals surface area (Å²) in [7, 11) is 0. The molecule has 0 unspecified atom stereocenters. The largest absolute Gasteiger partial charge is 0.494 e. The number of benzene rings is 2. The van der Waals surface area contributed by atoms with Crippen LogP contribution in [0, 0.1) is 0 Å². The topological polar surface area (TPSA) is 45.1 Å². The van der Waals surface area contributed by atoms with Crippen molar-refractivity contribution in [1.29, 1.82) is 0 Å². The number of rotatable bonds is 5. The van der Waals surface area contributed by atoms with Crippen LogP contribution in [0.25, 0.3) is 6.08 Å². The first-order valence-electron chi connectivity index (χ1n) is 10.1. The van der Waals surface area contributed by atoms with Crippen molar-refractivity contribution in [2.75, 3.05) is 37.7 Å². The van der Waals surface area contributed by atoms with E-state index in [1.54, 1.807) is 0 Å². The minimum atomic E-state index is -0.168. The lowest BCUT2D eigenvalue weighted by molar-refractivity contribution is -0.113. The van der Waals surface area contributed by atoms with Gasteiger partial charge in [-0.1, -0.05) is 36.7 Å². The second kappa shape index (κ2) is 9.58. The van der Waals surface area contributed by atoms with Crippen LogP contribution in [-0.4, -0.2) is 48.8 Å². The summed E-state index contributed by atoms with van der Waals surface area (Å²) in [5.74, 6) is 0.678. The summed E-state index contributed by atoms with van der Waals surface area (Å²) in [6.45, 7) is 6.16. The van der Waals surface area contributed by atoms with Crippen LogP contribution in [0.15, 0.2) is 58.4 Å². The predicted octanol–water partition coefficient (Wildman–Crippen LogP) is 4.92. The normalized spacial score (nSPS) is 18.1. The molecule has 0 spiro atoms. The summed E-state index contributed by atoms with van der Waals surface area (Å²) >= 11 is 7.57. The minimum absolute atomic E-state index is 0.168. The Hall–Kier alpha value is -2.44. The van der Waals surface area contributed by atoms with Crippen LogP contribution in [-0.2, 0) is 4.79 Å². The van der Waals surface area contributed by atoms with E-state index in [2.05, 4.69) is 27.8 Å². The number of nitrogens with zero attached hydrogens (tertiary/aromatic N) is 3. The maximum absolute atomic E-state index is 12.4. The number of ether oxygens (including phenoxy) is 1. The molecule has 2 aromatic rings. The number of thioether (sulfide) groups is 1. The number of aliphatic imine (C=N–C) groups is 1. The van der Waals surface area contributed by atoms with Crippen LogP contribution in [0.4, 0.5) is 5.69 Å². The molecule has 0 N–H and O–H groups in total. The van der Waals surface area contributed by atoms with Gasteiger partial charge in [-0.05, 0) is 60.2 Å². The number of halogens is 1. The summed E-state index contributed by atoms with van der Waals surface area (Å²) in [4.78, 5) is 21.9. The monoisotopic (exact) mass is 441 g/mol. The van der Waals surface area contributed by atoms with Crippen molar-refractivity contribution >= 4 is 46.2 Å². The molecule has 0 aromatic heterocycles. The Morgan fingerprint density at radius 3 is 2.53 bits per heavy atom. The highest BCUT2D eigenvalue weighted by Gasteiger charge is 2.28. The molecule has 0 radical (unpaired) electrons. The molecule has 5 nitrogen and oxygen atoms in total. The van der Waals surface area contributed by atoms with Crippen molar-refractivity contribution in [2.24, 2.45) is 4.99 Å². The van der Waals surface area contributed by atoms with E-state index < -0.39 is 0 Å². The van der Waals surface area contributed by atoms with Crippen molar-refractivity contribution in [3.8, 4) is 5.75 Å². The maximum Gasteiger partial charge on any atom is 0.286 e. The zero-order valence-electron chi connectivity index (χ0n) is 16.9. The van der Waals surface area contributed by atoms with Gasteiger partial charge in [0.1, 0.15) is 5.75 Å². The van der Waals surface area contributed by atoms with E-state index in [-0.39, 0.29) is 5.91 Å². The number of piperazine rings is 1. The van der Waals surface area contributed by atoms with Crippen LogP contribution in [0.1, 0.15) is 18.9 Å². The number of carbonyl (C=O) groups is 1. The number of anilines is 1. The van der Waals surface area contributed by atoms with Gasteiger partial charge in [-0.3, -0.25) is 4.79 Å². The molecule has 1 fully saturated rings. The van der Waals surface area contributed by atoms with Crippen molar-refractivity contribution in [3.63, 3.8) is 0 Å². The molecule has 7 heteroatoms. The summed E-state index contributed by atoms with van der Waals surface area (Å²) in [6, 6.07) is 15.7. The Morgan fingerprint density at radius 2 is 1.83 bits per heavy atom. The van der Waals surface area contributed by atoms with Gasteiger partial charge in [0.2, 0.25) is 0 Å². The Kier molecular flexibility index (Phi) is 6.65. The van der Waals surface area contributed by atoms with E-state index in [4.69, 9.17) is 16.3 Å². The fourth-order valence-electron chi connectivity index (χ4n) is 3.39. The van der Waals surface area contributed by atoms with E-state index in [1.807, 2.05) is 48.5 Å². The fraction of sp³-hybridized carbons (Fsp3) is 0.304. The average Bonchev–Trinajstić information content (AvgIpc) is 3.13. The van der Waals surface area contributed by atoms with Gasteiger partial charge >= 0.3 is 0 Å². The molecule has 4 rings (SSSR count). The van der Waals surface area contributed by atoms with Crippen LogP contribution in [0.2, 0.25) is 5.02 Å². The molecule has 1 amide bonds. The molecule has 2 aromatic carbocycles. The number of carbonyl (C=O) groups excluding carboxylic acids is 1. The Labute approximate surface area is 186 Å². The SMILES string of the molecule is CCCOc1ccc(/C=C2/SC(N3CCN(c4cccc(Cl)c4)CC3)=NC2=O)cc1. The molecule has 1 saturated heterocycles. The Bertz CT molecular complexity index is 967. The Morgan fingerprint density at radius 1 is 1.10 bits per heavy atom. The van der Waals surface area contributed by atoms with Crippen molar-refractivity contribution in [3.05, 3.63) is 64.0 Å². The third-order valence-corrected chi connectivity index (χ3v) is 6.26. The lowest BCUT2D eigenvalue weighted by Gasteiger charge is -2.36. The van der Waals surface area contributed by atoms with E-state index in [0.29, 0.717) is 11.5 Å². The smallest absolute Gasteiger partial charge is 0.286 e. The Balaban J connectivity index is 1.35. The van der Waals surface area contributed by atoms with Gasteiger partial charge in [0.05, 0.1) is 11.5 Å². The average molecular weight is 442 g/mol. The number of amides is 1. The third kappa shape index (κ3) is 4.99. The highest BCUT2D eigenvalue weighted by Crippen LogP contribution is 2.31. The first kappa shape index (κ1) is 20.8. The highest BCUT2D eigenvalue weighted by atomic mass is 35.5. The molecule has 2 aliphatic rings. The van der Waals surface area contributed by atoms with Gasteiger partial charge < -0.3 is 14.5 Å². The second-order valence-corrected chi connectivity index (χ2v) is 8.63. The molecule has 0 bridgehead atoms. The van der Waals surface area contributed by atoms with Gasteiger partial charge in [0.15, 0.2) is 5.17 Å². The fourth-order valence-corrected chi connectivity index (χ4v) is 4.54. The maximum atomic E-state index is 12.4.